The van der Waals surface area contributed by atoms with Crippen LogP contribution in [0.4, 0.5) is 5.69 Å². The van der Waals surface area contributed by atoms with Gasteiger partial charge < -0.3 is 4.90 Å². The first kappa shape index (κ1) is 17.9. The Kier molecular flexibility index (Phi) is 5.35. The standard InChI is InChI=1S/C19H18N4O2S2/c24-17(22-10-11-26-16-9-5-4-8-15(16)22)13-27-19-21-20-18(25)23(19)12-14-6-2-1-3-7-14/h1-9H,10-13H2,(H,20,25). The van der Waals surface area contributed by atoms with Crippen LogP contribution in [-0.4, -0.2) is 38.7 Å². The van der Waals surface area contributed by atoms with Crippen molar-refractivity contribution in [3.63, 3.8) is 0 Å². The lowest BCUT2D eigenvalue weighted by Gasteiger charge is -2.28. The third-order valence-corrected chi connectivity index (χ3v) is 6.27. The Morgan fingerprint density at radius 1 is 1.15 bits per heavy atom. The van der Waals surface area contributed by atoms with Crippen molar-refractivity contribution in [2.24, 2.45) is 0 Å². The minimum absolute atomic E-state index is 0.0226. The van der Waals surface area contributed by atoms with Crippen LogP contribution >= 0.6 is 23.5 Å². The second kappa shape index (κ2) is 8.06. The van der Waals surface area contributed by atoms with Gasteiger partial charge in [0.1, 0.15) is 0 Å². The number of rotatable bonds is 5. The molecule has 0 spiro atoms. The van der Waals surface area contributed by atoms with Crippen LogP contribution in [-0.2, 0) is 11.3 Å². The molecule has 138 valence electrons. The maximum Gasteiger partial charge on any atom is 0.344 e. The Labute approximate surface area is 165 Å². The van der Waals surface area contributed by atoms with Gasteiger partial charge in [0.05, 0.1) is 18.0 Å². The van der Waals surface area contributed by atoms with Crippen molar-refractivity contribution in [3.8, 4) is 0 Å². The molecule has 0 atom stereocenters. The van der Waals surface area contributed by atoms with Crippen molar-refractivity contribution in [2.45, 2.75) is 16.6 Å². The highest BCUT2D eigenvalue weighted by Gasteiger charge is 2.23. The highest BCUT2D eigenvalue weighted by Crippen LogP contribution is 2.34. The smallest absolute Gasteiger partial charge is 0.310 e. The third-order valence-electron chi connectivity index (χ3n) is 4.26. The maximum absolute atomic E-state index is 12.8. The van der Waals surface area contributed by atoms with Gasteiger partial charge in [-0.1, -0.05) is 54.2 Å². The number of para-hydroxylation sites is 1. The molecule has 1 aliphatic rings. The van der Waals surface area contributed by atoms with E-state index in [1.807, 2.05) is 59.5 Å². The first-order valence-electron chi connectivity index (χ1n) is 8.56. The van der Waals surface area contributed by atoms with Crippen LogP contribution < -0.4 is 10.6 Å². The van der Waals surface area contributed by atoms with Crippen molar-refractivity contribution < 1.29 is 4.79 Å². The minimum Gasteiger partial charge on any atom is -0.310 e. The van der Waals surface area contributed by atoms with Gasteiger partial charge in [0.15, 0.2) is 5.16 Å². The topological polar surface area (TPSA) is 71.0 Å². The molecule has 1 amide bonds. The number of hydrogen-bond donors (Lipinski definition) is 1. The van der Waals surface area contributed by atoms with E-state index in [4.69, 9.17) is 0 Å². The molecule has 3 aromatic rings. The quantitative estimate of drug-likeness (QED) is 0.669. The van der Waals surface area contributed by atoms with Crippen LogP contribution in [0.3, 0.4) is 0 Å². The maximum atomic E-state index is 12.8. The average molecular weight is 399 g/mol. The molecule has 0 saturated carbocycles. The minimum atomic E-state index is -0.270. The second-order valence-electron chi connectivity index (χ2n) is 6.03. The summed E-state index contributed by atoms with van der Waals surface area (Å²) < 4.78 is 1.56. The third kappa shape index (κ3) is 3.96. The summed E-state index contributed by atoms with van der Waals surface area (Å²) in [5.41, 5.74) is 1.70. The van der Waals surface area contributed by atoms with Crippen LogP contribution in [0.15, 0.2) is 69.4 Å². The molecule has 0 radical (unpaired) electrons. The van der Waals surface area contributed by atoms with Crippen molar-refractivity contribution in [3.05, 3.63) is 70.6 Å². The van der Waals surface area contributed by atoms with E-state index in [2.05, 4.69) is 10.2 Å². The first-order valence-corrected chi connectivity index (χ1v) is 10.5. The fraction of sp³-hybridized carbons (Fsp3) is 0.211. The zero-order valence-corrected chi connectivity index (χ0v) is 16.1. The summed E-state index contributed by atoms with van der Waals surface area (Å²) in [6.07, 6.45) is 0. The van der Waals surface area contributed by atoms with E-state index in [1.165, 1.54) is 11.8 Å². The molecule has 0 unspecified atom stereocenters. The van der Waals surface area contributed by atoms with Crippen LogP contribution in [0.2, 0.25) is 0 Å². The number of aromatic amines is 1. The summed E-state index contributed by atoms with van der Waals surface area (Å²) in [6, 6.07) is 17.7. The number of hydrogen-bond acceptors (Lipinski definition) is 5. The summed E-state index contributed by atoms with van der Waals surface area (Å²) in [7, 11) is 0. The summed E-state index contributed by atoms with van der Waals surface area (Å²) in [5.74, 6) is 1.14. The summed E-state index contributed by atoms with van der Waals surface area (Å²) in [4.78, 5) is 27.8. The van der Waals surface area contributed by atoms with Crippen LogP contribution in [0.25, 0.3) is 0 Å². The molecule has 6 nitrogen and oxygen atoms in total. The lowest BCUT2D eigenvalue weighted by molar-refractivity contribution is -0.116. The van der Waals surface area contributed by atoms with E-state index < -0.39 is 0 Å². The Morgan fingerprint density at radius 3 is 2.78 bits per heavy atom. The highest BCUT2D eigenvalue weighted by atomic mass is 32.2. The van der Waals surface area contributed by atoms with Gasteiger partial charge in [0.25, 0.3) is 0 Å². The predicted molar refractivity (Wildman–Crippen MR) is 109 cm³/mol. The lowest BCUT2D eigenvalue weighted by atomic mass is 10.2. The molecular weight excluding hydrogens is 380 g/mol. The van der Waals surface area contributed by atoms with Crippen molar-refractivity contribution in [1.29, 1.82) is 0 Å². The number of nitrogens with zero attached hydrogens (tertiary/aromatic N) is 3. The first-order chi connectivity index (χ1) is 13.2. The Hall–Kier alpha value is -2.45. The van der Waals surface area contributed by atoms with E-state index in [0.717, 1.165) is 21.9 Å². The van der Waals surface area contributed by atoms with E-state index >= 15 is 0 Å². The predicted octanol–water partition coefficient (Wildman–Crippen LogP) is 2.85. The number of fused-ring (bicyclic) bond motifs is 1. The van der Waals surface area contributed by atoms with E-state index in [0.29, 0.717) is 18.2 Å². The molecule has 2 heterocycles. The highest BCUT2D eigenvalue weighted by molar-refractivity contribution is 8.00. The number of amides is 1. The van der Waals surface area contributed by atoms with Crippen LogP contribution in [0.1, 0.15) is 5.56 Å². The molecule has 0 bridgehead atoms. The summed E-state index contributed by atoms with van der Waals surface area (Å²) >= 11 is 3.05. The number of benzene rings is 2. The second-order valence-corrected chi connectivity index (χ2v) is 8.11. The zero-order chi connectivity index (χ0) is 18.6. The van der Waals surface area contributed by atoms with Gasteiger partial charge in [-0.15, -0.1) is 16.9 Å². The van der Waals surface area contributed by atoms with Gasteiger partial charge in [-0.05, 0) is 17.7 Å². The number of nitrogens with one attached hydrogen (secondary N) is 1. The van der Waals surface area contributed by atoms with E-state index in [9.17, 15) is 9.59 Å². The number of anilines is 1. The number of carbonyl (C=O) groups excluding carboxylic acids is 1. The molecule has 8 heteroatoms. The molecule has 0 aliphatic carbocycles. The molecule has 1 N–H and O–H groups in total. The SMILES string of the molecule is O=C(CSc1n[nH]c(=O)n1Cc1ccccc1)N1CCSc2ccccc21. The van der Waals surface area contributed by atoms with Crippen molar-refractivity contribution in [1.82, 2.24) is 14.8 Å². The largest absolute Gasteiger partial charge is 0.344 e. The molecular formula is C19H18N4O2S2. The number of thioether (sulfide) groups is 2. The number of aromatic nitrogens is 3. The zero-order valence-electron chi connectivity index (χ0n) is 14.5. The summed E-state index contributed by atoms with van der Waals surface area (Å²) in [5, 5.41) is 7.10. The van der Waals surface area contributed by atoms with Gasteiger partial charge in [0.2, 0.25) is 5.91 Å². The fourth-order valence-electron chi connectivity index (χ4n) is 2.95. The Morgan fingerprint density at radius 2 is 1.93 bits per heavy atom. The molecule has 0 fully saturated rings. The van der Waals surface area contributed by atoms with Crippen LogP contribution in [0, 0.1) is 0 Å². The Balaban J connectivity index is 1.47. The van der Waals surface area contributed by atoms with Gasteiger partial charge >= 0.3 is 5.69 Å². The van der Waals surface area contributed by atoms with Gasteiger partial charge in [-0.2, -0.15) is 0 Å². The van der Waals surface area contributed by atoms with Gasteiger partial charge in [-0.3, -0.25) is 9.36 Å². The molecule has 1 aliphatic heterocycles. The fourth-order valence-corrected chi connectivity index (χ4v) is 4.77. The number of carbonyl (C=O) groups is 1. The molecule has 1 aromatic heterocycles. The number of H-pyrrole nitrogens is 1. The van der Waals surface area contributed by atoms with Gasteiger partial charge in [-0.25, -0.2) is 9.89 Å². The monoisotopic (exact) mass is 398 g/mol. The van der Waals surface area contributed by atoms with Crippen LogP contribution in [0.5, 0.6) is 0 Å². The van der Waals surface area contributed by atoms with Gasteiger partial charge in [0, 0.05) is 17.2 Å². The summed E-state index contributed by atoms with van der Waals surface area (Å²) in [6.45, 7) is 1.12. The average Bonchev–Trinajstić information content (AvgIpc) is 3.06. The molecule has 4 rings (SSSR count). The molecule has 2 aromatic carbocycles. The molecule has 27 heavy (non-hydrogen) atoms. The molecule has 0 saturated heterocycles. The van der Waals surface area contributed by atoms with Crippen molar-refractivity contribution in [2.75, 3.05) is 23.0 Å². The lowest BCUT2D eigenvalue weighted by Crippen LogP contribution is -2.36. The van der Waals surface area contributed by atoms with E-state index in [-0.39, 0.29) is 17.3 Å². The van der Waals surface area contributed by atoms with Crippen molar-refractivity contribution >= 4 is 35.1 Å². The Bertz CT molecular complexity index is 1000. The van der Waals surface area contributed by atoms with E-state index in [1.54, 1.807) is 16.3 Å². The normalized spacial score (nSPS) is 13.4.